The molecular weight excluding hydrogens is 412 g/mol. The number of rotatable bonds is 11. The zero-order chi connectivity index (χ0) is 22.9. The van der Waals surface area contributed by atoms with Crippen molar-refractivity contribution in [2.45, 2.75) is 57.9 Å². The standard InChI is InChI=1S/C24H34N2O6/c1-3-30-15-31-14-19(25-23(27)17-10-8-16(2)9-11-17)13-20(24(28)26-29)22-12-18-6-4-5-7-21(18)32-22/h4-7,12,16-17,19-20,29H,3,8-11,13-15H2,1-2H3,(H,25,27)(H,26,28). The highest BCUT2D eigenvalue weighted by Crippen LogP contribution is 2.30. The summed E-state index contributed by atoms with van der Waals surface area (Å²) in [6, 6.07) is 8.80. The first-order chi connectivity index (χ1) is 15.5. The number of fused-ring (bicyclic) bond motifs is 1. The minimum absolute atomic E-state index is 0.0188. The van der Waals surface area contributed by atoms with Crippen LogP contribution in [0.4, 0.5) is 0 Å². The van der Waals surface area contributed by atoms with Crippen LogP contribution < -0.4 is 10.8 Å². The van der Waals surface area contributed by atoms with Crippen LogP contribution in [0.25, 0.3) is 11.0 Å². The van der Waals surface area contributed by atoms with Gasteiger partial charge in [-0.05, 0) is 57.1 Å². The smallest absolute Gasteiger partial charge is 0.254 e. The van der Waals surface area contributed by atoms with E-state index in [2.05, 4.69) is 12.2 Å². The van der Waals surface area contributed by atoms with E-state index < -0.39 is 17.9 Å². The lowest BCUT2D eigenvalue weighted by molar-refractivity contribution is -0.133. The topological polar surface area (TPSA) is 110 Å². The van der Waals surface area contributed by atoms with E-state index >= 15 is 0 Å². The van der Waals surface area contributed by atoms with Gasteiger partial charge >= 0.3 is 0 Å². The third-order valence-corrected chi connectivity index (χ3v) is 6.16. The van der Waals surface area contributed by atoms with Crippen molar-refractivity contribution in [3.05, 3.63) is 36.1 Å². The molecule has 0 aliphatic heterocycles. The van der Waals surface area contributed by atoms with Gasteiger partial charge in [0, 0.05) is 17.9 Å². The first kappa shape index (κ1) is 24.2. The molecule has 176 valence electrons. The van der Waals surface area contributed by atoms with Gasteiger partial charge in [0.05, 0.1) is 12.6 Å². The Morgan fingerprint density at radius 1 is 1.19 bits per heavy atom. The first-order valence-electron chi connectivity index (χ1n) is 11.4. The number of amides is 2. The molecule has 1 saturated carbocycles. The fraction of sp³-hybridized carbons (Fsp3) is 0.583. The van der Waals surface area contributed by atoms with E-state index in [1.807, 2.05) is 31.2 Å². The summed E-state index contributed by atoms with van der Waals surface area (Å²) in [7, 11) is 0. The molecule has 3 N–H and O–H groups in total. The number of carbonyl (C=O) groups excluding carboxylic acids is 2. The van der Waals surface area contributed by atoms with Gasteiger partial charge in [-0.1, -0.05) is 25.1 Å². The summed E-state index contributed by atoms with van der Waals surface area (Å²) >= 11 is 0. The Morgan fingerprint density at radius 3 is 2.62 bits per heavy atom. The molecule has 1 aromatic carbocycles. The summed E-state index contributed by atoms with van der Waals surface area (Å²) in [5, 5.41) is 13.3. The van der Waals surface area contributed by atoms with Gasteiger partial charge in [-0.2, -0.15) is 0 Å². The molecule has 0 radical (unpaired) electrons. The molecule has 0 spiro atoms. The van der Waals surface area contributed by atoms with Gasteiger partial charge < -0.3 is 19.2 Å². The van der Waals surface area contributed by atoms with Crippen molar-refractivity contribution < 1.29 is 28.7 Å². The Kier molecular flexibility index (Phi) is 9.08. The van der Waals surface area contributed by atoms with Crippen LogP contribution in [0.15, 0.2) is 34.7 Å². The summed E-state index contributed by atoms with van der Waals surface area (Å²) in [4.78, 5) is 25.5. The number of hydrogen-bond acceptors (Lipinski definition) is 6. The molecule has 3 rings (SSSR count). The molecule has 2 amide bonds. The highest BCUT2D eigenvalue weighted by molar-refractivity contribution is 5.85. The number of nitrogens with one attached hydrogen (secondary N) is 2. The molecule has 8 heteroatoms. The summed E-state index contributed by atoms with van der Waals surface area (Å²) in [5.41, 5.74) is 2.39. The monoisotopic (exact) mass is 446 g/mol. The molecule has 0 bridgehead atoms. The van der Waals surface area contributed by atoms with Gasteiger partial charge in [0.1, 0.15) is 24.1 Å². The maximum Gasteiger partial charge on any atom is 0.254 e. The van der Waals surface area contributed by atoms with Gasteiger partial charge in [0.2, 0.25) is 5.91 Å². The van der Waals surface area contributed by atoms with Gasteiger partial charge in [0.15, 0.2) is 0 Å². The Morgan fingerprint density at radius 2 is 1.94 bits per heavy atom. The number of furan rings is 1. The van der Waals surface area contributed by atoms with Crippen molar-refractivity contribution >= 4 is 22.8 Å². The van der Waals surface area contributed by atoms with Crippen LogP contribution in [0.3, 0.4) is 0 Å². The number of carbonyl (C=O) groups is 2. The Balaban J connectivity index is 1.74. The van der Waals surface area contributed by atoms with E-state index in [4.69, 9.17) is 13.9 Å². The van der Waals surface area contributed by atoms with Crippen LogP contribution in [0.1, 0.15) is 57.6 Å². The molecule has 2 aromatic rings. The van der Waals surface area contributed by atoms with Gasteiger partial charge in [0.25, 0.3) is 5.91 Å². The second kappa shape index (κ2) is 12.0. The second-order valence-electron chi connectivity index (χ2n) is 8.59. The predicted octanol–water partition coefficient (Wildman–Crippen LogP) is 3.73. The maximum atomic E-state index is 12.9. The van der Waals surface area contributed by atoms with Crippen molar-refractivity contribution in [3.63, 3.8) is 0 Å². The molecule has 1 aliphatic carbocycles. The summed E-state index contributed by atoms with van der Waals surface area (Å²) < 4.78 is 16.7. The van der Waals surface area contributed by atoms with E-state index in [9.17, 15) is 14.8 Å². The maximum absolute atomic E-state index is 12.9. The van der Waals surface area contributed by atoms with Gasteiger partial charge in [-0.3, -0.25) is 14.8 Å². The van der Waals surface area contributed by atoms with Crippen molar-refractivity contribution in [1.82, 2.24) is 10.8 Å². The number of benzene rings is 1. The molecule has 1 heterocycles. The first-order valence-corrected chi connectivity index (χ1v) is 11.4. The zero-order valence-electron chi connectivity index (χ0n) is 18.8. The lowest BCUT2D eigenvalue weighted by Crippen LogP contribution is -2.44. The molecule has 1 fully saturated rings. The molecule has 8 nitrogen and oxygen atoms in total. The minimum Gasteiger partial charge on any atom is -0.460 e. The highest BCUT2D eigenvalue weighted by Gasteiger charge is 2.31. The SMILES string of the molecule is CCOCOCC(CC(C(=O)NO)c1cc2ccccc2o1)NC(=O)C1CCC(C)CC1. The van der Waals surface area contributed by atoms with Crippen LogP contribution in [-0.4, -0.2) is 43.1 Å². The van der Waals surface area contributed by atoms with Crippen LogP contribution in [0.2, 0.25) is 0 Å². The molecule has 2 atom stereocenters. The predicted molar refractivity (Wildman–Crippen MR) is 119 cm³/mol. The van der Waals surface area contributed by atoms with Crippen LogP contribution >= 0.6 is 0 Å². The van der Waals surface area contributed by atoms with E-state index in [1.54, 1.807) is 11.5 Å². The fourth-order valence-electron chi connectivity index (χ4n) is 4.23. The number of hydrogen-bond donors (Lipinski definition) is 3. The molecule has 1 aliphatic rings. The number of para-hydroxylation sites is 1. The van der Waals surface area contributed by atoms with E-state index in [1.165, 1.54) is 0 Å². The van der Waals surface area contributed by atoms with E-state index in [-0.39, 0.29) is 31.6 Å². The van der Waals surface area contributed by atoms with Gasteiger partial charge in [-0.15, -0.1) is 0 Å². The lowest BCUT2D eigenvalue weighted by atomic mass is 9.82. The van der Waals surface area contributed by atoms with E-state index in [0.717, 1.165) is 31.1 Å². The zero-order valence-corrected chi connectivity index (χ0v) is 18.8. The Labute approximate surface area is 188 Å². The third-order valence-electron chi connectivity index (χ3n) is 6.16. The molecule has 1 aromatic heterocycles. The van der Waals surface area contributed by atoms with Crippen molar-refractivity contribution in [2.24, 2.45) is 11.8 Å². The van der Waals surface area contributed by atoms with Crippen molar-refractivity contribution in [3.8, 4) is 0 Å². The largest absolute Gasteiger partial charge is 0.460 e. The normalized spacial score (nSPS) is 20.6. The summed E-state index contributed by atoms with van der Waals surface area (Å²) in [6.07, 6.45) is 4.02. The third kappa shape index (κ3) is 6.54. The second-order valence-corrected chi connectivity index (χ2v) is 8.59. The van der Waals surface area contributed by atoms with Crippen LogP contribution in [-0.2, 0) is 19.1 Å². The molecule has 0 saturated heterocycles. The van der Waals surface area contributed by atoms with Crippen LogP contribution in [0.5, 0.6) is 0 Å². The lowest BCUT2D eigenvalue weighted by Gasteiger charge is -2.28. The summed E-state index contributed by atoms with van der Waals surface area (Å²) in [5.74, 6) is -0.366. The molecule has 32 heavy (non-hydrogen) atoms. The Hall–Kier alpha value is -2.42. The summed E-state index contributed by atoms with van der Waals surface area (Å²) in [6.45, 7) is 4.89. The van der Waals surface area contributed by atoms with Crippen molar-refractivity contribution in [1.29, 1.82) is 0 Å². The van der Waals surface area contributed by atoms with Gasteiger partial charge in [-0.25, -0.2) is 5.48 Å². The molecule has 2 unspecified atom stereocenters. The Bertz CT molecular complexity index is 841. The number of ether oxygens (including phenoxy) is 2. The average Bonchev–Trinajstić information content (AvgIpc) is 3.23. The van der Waals surface area contributed by atoms with E-state index in [0.29, 0.717) is 23.9 Å². The average molecular weight is 447 g/mol. The van der Waals surface area contributed by atoms with Crippen LogP contribution in [0, 0.1) is 11.8 Å². The van der Waals surface area contributed by atoms with Crippen molar-refractivity contribution in [2.75, 3.05) is 20.0 Å². The quantitative estimate of drug-likeness (QED) is 0.210. The fourth-order valence-corrected chi connectivity index (χ4v) is 4.23. The molecular formula is C24H34N2O6. The number of hydroxylamine groups is 1. The highest BCUT2D eigenvalue weighted by atomic mass is 16.7. The minimum atomic E-state index is -0.792.